The van der Waals surface area contributed by atoms with E-state index in [4.69, 9.17) is 5.10 Å². The van der Waals surface area contributed by atoms with Gasteiger partial charge in [-0.1, -0.05) is 91.0 Å². The van der Waals surface area contributed by atoms with Crippen molar-refractivity contribution in [2.24, 2.45) is 0 Å². The van der Waals surface area contributed by atoms with Crippen LogP contribution < -0.4 is 10.2 Å². The van der Waals surface area contributed by atoms with Crippen molar-refractivity contribution in [2.75, 3.05) is 0 Å². The molecule has 0 fully saturated rings. The summed E-state index contributed by atoms with van der Waals surface area (Å²) in [5, 5.41) is 25.4. The van der Waals surface area contributed by atoms with Gasteiger partial charge in [0.2, 0.25) is 0 Å². The third-order valence-electron chi connectivity index (χ3n) is 6.30. The fourth-order valence-electron chi connectivity index (χ4n) is 4.72. The Hall–Kier alpha value is -4.34. The molecule has 0 bridgehead atoms. The minimum absolute atomic E-state index is 0.0988. The molecule has 0 aliphatic heterocycles. The molecular formula is C29H22BF3N2O3. The number of halogens is 3. The average molecular weight is 514 g/mol. The standard InChI is InChI=1S/C29H22BF3N2O3/c31-29(32,33)38-25-18-16-21(17-19-25)27-26(30(36)37)20-35(34-27)28(22-10-4-1-5-11-22,23-12-6-2-7-13-23)24-14-8-3-9-15-24/h1-20,36-37H. The summed E-state index contributed by atoms with van der Waals surface area (Å²) in [6.45, 7) is 0. The van der Waals surface area contributed by atoms with Crippen LogP contribution in [0.5, 0.6) is 5.75 Å². The van der Waals surface area contributed by atoms with E-state index in [2.05, 4.69) is 4.74 Å². The van der Waals surface area contributed by atoms with E-state index < -0.39 is 19.0 Å². The van der Waals surface area contributed by atoms with Crippen LogP contribution in [0.4, 0.5) is 13.2 Å². The molecule has 0 amide bonds. The van der Waals surface area contributed by atoms with Crippen molar-refractivity contribution in [2.45, 2.75) is 11.9 Å². The van der Waals surface area contributed by atoms with Crippen molar-refractivity contribution in [3.63, 3.8) is 0 Å². The maximum Gasteiger partial charge on any atom is 0.573 e. The van der Waals surface area contributed by atoms with E-state index in [0.717, 1.165) is 28.8 Å². The molecule has 1 heterocycles. The highest BCUT2D eigenvalue weighted by molar-refractivity contribution is 6.60. The largest absolute Gasteiger partial charge is 0.573 e. The fraction of sp³-hybridized carbons (Fsp3) is 0.0690. The zero-order chi connectivity index (χ0) is 26.8. The fourth-order valence-corrected chi connectivity index (χ4v) is 4.72. The van der Waals surface area contributed by atoms with Crippen LogP contribution in [-0.4, -0.2) is 33.3 Å². The van der Waals surface area contributed by atoms with Gasteiger partial charge in [-0.15, -0.1) is 13.2 Å². The highest BCUT2D eigenvalue weighted by Crippen LogP contribution is 2.40. The molecule has 38 heavy (non-hydrogen) atoms. The van der Waals surface area contributed by atoms with Gasteiger partial charge in [0.05, 0.1) is 5.69 Å². The molecule has 1 aromatic heterocycles. The lowest BCUT2D eigenvalue weighted by molar-refractivity contribution is -0.274. The van der Waals surface area contributed by atoms with Crippen LogP contribution in [0, 0.1) is 0 Å². The monoisotopic (exact) mass is 514 g/mol. The highest BCUT2D eigenvalue weighted by Gasteiger charge is 2.40. The Morgan fingerprint density at radius 3 is 1.50 bits per heavy atom. The molecule has 2 N–H and O–H groups in total. The van der Waals surface area contributed by atoms with Gasteiger partial charge in [-0.3, -0.25) is 4.68 Å². The van der Waals surface area contributed by atoms with Gasteiger partial charge < -0.3 is 14.8 Å². The third-order valence-corrected chi connectivity index (χ3v) is 6.30. The number of aromatic nitrogens is 2. The molecule has 0 radical (unpaired) electrons. The molecule has 5 nitrogen and oxygen atoms in total. The van der Waals surface area contributed by atoms with Gasteiger partial charge in [-0.05, 0) is 41.0 Å². The van der Waals surface area contributed by atoms with Crippen molar-refractivity contribution in [3.8, 4) is 17.0 Å². The summed E-state index contributed by atoms with van der Waals surface area (Å²) in [4.78, 5) is 0. The maximum absolute atomic E-state index is 12.6. The molecule has 0 aliphatic rings. The smallest absolute Gasteiger partial charge is 0.423 e. The van der Waals surface area contributed by atoms with Crippen LogP contribution in [0.3, 0.4) is 0 Å². The van der Waals surface area contributed by atoms with Crippen molar-refractivity contribution in [1.29, 1.82) is 0 Å². The first-order valence-corrected chi connectivity index (χ1v) is 11.8. The minimum Gasteiger partial charge on any atom is -0.423 e. The Morgan fingerprint density at radius 2 is 1.11 bits per heavy atom. The quantitative estimate of drug-likeness (QED) is 0.238. The van der Waals surface area contributed by atoms with Gasteiger partial charge >= 0.3 is 13.5 Å². The molecule has 0 spiro atoms. The van der Waals surface area contributed by atoms with Crippen molar-refractivity contribution in [1.82, 2.24) is 9.78 Å². The second kappa shape index (κ2) is 10.2. The van der Waals surface area contributed by atoms with Crippen LogP contribution >= 0.6 is 0 Å². The van der Waals surface area contributed by atoms with Gasteiger partial charge in [-0.25, -0.2) is 0 Å². The number of alkyl halides is 3. The summed E-state index contributed by atoms with van der Waals surface area (Å²) in [5.74, 6) is -0.390. The first-order chi connectivity index (χ1) is 18.3. The third kappa shape index (κ3) is 4.81. The number of benzene rings is 4. The Kier molecular flexibility index (Phi) is 6.80. The summed E-state index contributed by atoms with van der Waals surface area (Å²) in [6, 6.07) is 34.2. The number of hydrogen-bond acceptors (Lipinski definition) is 4. The molecule has 5 aromatic rings. The minimum atomic E-state index is -4.82. The zero-order valence-electron chi connectivity index (χ0n) is 20.0. The molecule has 190 valence electrons. The van der Waals surface area contributed by atoms with Crippen LogP contribution in [0.1, 0.15) is 16.7 Å². The molecule has 0 unspecified atom stereocenters. The van der Waals surface area contributed by atoms with Crippen molar-refractivity contribution >= 4 is 12.6 Å². The van der Waals surface area contributed by atoms with E-state index in [1.165, 1.54) is 12.1 Å². The lowest BCUT2D eigenvalue weighted by atomic mass is 9.76. The van der Waals surface area contributed by atoms with E-state index in [1.54, 1.807) is 10.9 Å². The molecule has 0 saturated carbocycles. The molecule has 0 saturated heterocycles. The van der Waals surface area contributed by atoms with Gasteiger partial charge in [0.1, 0.15) is 11.3 Å². The lowest BCUT2D eigenvalue weighted by Crippen LogP contribution is -2.39. The van der Waals surface area contributed by atoms with E-state index in [1.807, 2.05) is 91.0 Å². The summed E-state index contributed by atoms with van der Waals surface area (Å²) >= 11 is 0. The van der Waals surface area contributed by atoms with Gasteiger partial charge in [0.25, 0.3) is 0 Å². The molecular weight excluding hydrogens is 492 g/mol. The topological polar surface area (TPSA) is 67.5 Å². The number of nitrogens with zero attached hydrogens (tertiary/aromatic N) is 2. The molecule has 0 atom stereocenters. The summed E-state index contributed by atoms with van der Waals surface area (Å²) in [6.07, 6.45) is -3.26. The van der Waals surface area contributed by atoms with Crippen LogP contribution in [0.25, 0.3) is 11.3 Å². The Balaban J connectivity index is 1.76. The van der Waals surface area contributed by atoms with Crippen LogP contribution in [0.2, 0.25) is 0 Å². The zero-order valence-corrected chi connectivity index (χ0v) is 20.0. The predicted molar refractivity (Wildman–Crippen MR) is 139 cm³/mol. The predicted octanol–water partition coefficient (Wildman–Crippen LogP) is 4.97. The Bertz CT molecular complexity index is 1390. The molecule has 0 aliphatic carbocycles. The van der Waals surface area contributed by atoms with E-state index in [0.29, 0.717) is 5.56 Å². The first kappa shape index (κ1) is 25.3. The Labute approximate surface area is 217 Å². The van der Waals surface area contributed by atoms with E-state index >= 15 is 0 Å². The van der Waals surface area contributed by atoms with Crippen molar-refractivity contribution < 1.29 is 28.0 Å². The summed E-state index contributed by atoms with van der Waals surface area (Å²) in [7, 11) is -1.88. The maximum atomic E-state index is 12.6. The van der Waals surface area contributed by atoms with Crippen LogP contribution in [0.15, 0.2) is 121 Å². The highest BCUT2D eigenvalue weighted by atomic mass is 19.4. The molecule has 9 heteroatoms. The Morgan fingerprint density at radius 1 is 0.658 bits per heavy atom. The second-order valence-corrected chi connectivity index (χ2v) is 8.63. The number of hydrogen-bond donors (Lipinski definition) is 2. The number of ether oxygens (including phenoxy) is 1. The summed E-state index contributed by atoms with van der Waals surface area (Å²) in [5.41, 5.74) is 2.32. The van der Waals surface area contributed by atoms with E-state index in [-0.39, 0.29) is 16.9 Å². The molecule has 4 aromatic carbocycles. The lowest BCUT2D eigenvalue weighted by Gasteiger charge is -2.36. The van der Waals surface area contributed by atoms with Gasteiger partial charge in [-0.2, -0.15) is 5.10 Å². The van der Waals surface area contributed by atoms with Gasteiger partial charge in [0, 0.05) is 17.2 Å². The second-order valence-electron chi connectivity index (χ2n) is 8.63. The van der Waals surface area contributed by atoms with E-state index in [9.17, 15) is 23.2 Å². The average Bonchev–Trinajstić information content (AvgIpc) is 3.37. The van der Waals surface area contributed by atoms with Gasteiger partial charge in [0.15, 0.2) is 0 Å². The normalized spacial score (nSPS) is 11.8. The SMILES string of the molecule is OB(O)c1cn(C(c2ccccc2)(c2ccccc2)c2ccccc2)nc1-c1ccc(OC(F)(F)F)cc1. The number of rotatable bonds is 7. The molecule has 5 rings (SSSR count). The first-order valence-electron chi connectivity index (χ1n) is 11.8. The summed E-state index contributed by atoms with van der Waals surface area (Å²) < 4.78 is 43.6. The van der Waals surface area contributed by atoms with Crippen molar-refractivity contribution in [3.05, 3.63) is 138 Å². The van der Waals surface area contributed by atoms with Crippen LogP contribution in [-0.2, 0) is 5.54 Å².